The Morgan fingerprint density at radius 2 is 1.88 bits per heavy atom. The summed E-state index contributed by atoms with van der Waals surface area (Å²) in [6.45, 7) is 4.55. The van der Waals surface area contributed by atoms with Crippen molar-refractivity contribution in [2.75, 3.05) is 13.2 Å². The van der Waals surface area contributed by atoms with Crippen molar-refractivity contribution >= 4 is 0 Å². The first-order valence-corrected chi connectivity index (χ1v) is 9.04. The van der Waals surface area contributed by atoms with Crippen LogP contribution in [0.2, 0.25) is 0 Å². The number of aliphatic hydroxyl groups is 2. The van der Waals surface area contributed by atoms with Crippen LogP contribution in [0.1, 0.15) is 25.8 Å². The van der Waals surface area contributed by atoms with Gasteiger partial charge in [-0.3, -0.25) is 0 Å². The molecule has 0 spiro atoms. The first-order chi connectivity index (χ1) is 12.4. The molecule has 2 N–H and O–H groups in total. The predicted octanol–water partition coefficient (Wildman–Crippen LogP) is 0.960. The van der Waals surface area contributed by atoms with Crippen molar-refractivity contribution < 1.29 is 33.9 Å². The van der Waals surface area contributed by atoms with E-state index in [2.05, 4.69) is 0 Å². The molecule has 4 rings (SSSR count). The second-order valence-corrected chi connectivity index (χ2v) is 7.59. The normalized spacial score (nSPS) is 41.0. The summed E-state index contributed by atoms with van der Waals surface area (Å²) in [4.78, 5) is 0. The standard InChI is InChI=1S/C19H26O7/c1-18(2)25-16-17(26-18)24-15-14(21)13(20)11-23-19(15,16)8-9-22-10-12-6-4-3-5-7-12/h3-7,13-17,20-21H,8-11H2,1-2H3/t13-,14-,15+,16-,17+,19+/m0/s1. The van der Waals surface area contributed by atoms with Gasteiger partial charge in [-0.2, -0.15) is 0 Å². The van der Waals surface area contributed by atoms with E-state index >= 15 is 0 Å². The number of hydrogen-bond acceptors (Lipinski definition) is 7. The molecule has 26 heavy (non-hydrogen) atoms. The maximum Gasteiger partial charge on any atom is 0.190 e. The van der Waals surface area contributed by atoms with Crippen LogP contribution in [-0.2, 0) is 30.3 Å². The van der Waals surface area contributed by atoms with Crippen molar-refractivity contribution in [3.63, 3.8) is 0 Å². The molecule has 3 aliphatic heterocycles. The van der Waals surface area contributed by atoms with E-state index in [9.17, 15) is 10.2 Å². The van der Waals surface area contributed by atoms with Crippen LogP contribution in [0.4, 0.5) is 0 Å². The highest BCUT2D eigenvalue weighted by atomic mass is 16.8. The summed E-state index contributed by atoms with van der Waals surface area (Å²) >= 11 is 0. The van der Waals surface area contributed by atoms with Crippen LogP contribution in [-0.4, -0.2) is 65.5 Å². The molecule has 3 fully saturated rings. The zero-order chi connectivity index (χ0) is 18.4. The van der Waals surface area contributed by atoms with E-state index in [1.54, 1.807) is 0 Å². The van der Waals surface area contributed by atoms with Gasteiger partial charge in [-0.1, -0.05) is 30.3 Å². The maximum absolute atomic E-state index is 10.4. The first-order valence-electron chi connectivity index (χ1n) is 9.04. The average molecular weight is 366 g/mol. The minimum atomic E-state index is -1.06. The fraction of sp³-hybridized carbons (Fsp3) is 0.684. The number of benzene rings is 1. The van der Waals surface area contributed by atoms with Crippen molar-refractivity contribution in [3.05, 3.63) is 35.9 Å². The van der Waals surface area contributed by atoms with Gasteiger partial charge in [0.25, 0.3) is 0 Å². The van der Waals surface area contributed by atoms with E-state index < -0.39 is 42.1 Å². The van der Waals surface area contributed by atoms with Gasteiger partial charge in [-0.15, -0.1) is 0 Å². The Kier molecular flexibility index (Phi) is 4.81. The summed E-state index contributed by atoms with van der Waals surface area (Å²) < 4.78 is 29.5. The zero-order valence-corrected chi connectivity index (χ0v) is 15.0. The van der Waals surface area contributed by atoms with E-state index in [1.807, 2.05) is 44.2 Å². The minimum Gasteiger partial charge on any atom is -0.388 e. The van der Waals surface area contributed by atoms with Crippen molar-refractivity contribution in [2.45, 2.75) is 69.0 Å². The SMILES string of the molecule is CC1(C)O[C@H]2O[C@@H]3[C@@H](O)[C@@H](O)CO[C@@]3(CCOCc3ccccc3)[C@H]2O1. The molecule has 3 saturated heterocycles. The highest BCUT2D eigenvalue weighted by Gasteiger charge is 2.68. The lowest BCUT2D eigenvalue weighted by molar-refractivity contribution is -0.284. The first kappa shape index (κ1) is 18.3. The Morgan fingerprint density at radius 3 is 2.65 bits per heavy atom. The average Bonchev–Trinajstić information content (AvgIpc) is 3.08. The Balaban J connectivity index is 1.46. The summed E-state index contributed by atoms with van der Waals surface area (Å²) in [5.41, 5.74) is 0.178. The van der Waals surface area contributed by atoms with Gasteiger partial charge >= 0.3 is 0 Å². The molecule has 3 aliphatic rings. The lowest BCUT2D eigenvalue weighted by atomic mass is 9.82. The van der Waals surface area contributed by atoms with Gasteiger partial charge < -0.3 is 33.9 Å². The Hall–Kier alpha value is -1.06. The third kappa shape index (κ3) is 3.18. The van der Waals surface area contributed by atoms with E-state index in [0.717, 1.165) is 5.56 Å². The summed E-state index contributed by atoms with van der Waals surface area (Å²) in [6.07, 6.45) is -3.43. The van der Waals surface area contributed by atoms with Crippen LogP contribution in [0.15, 0.2) is 30.3 Å². The molecule has 7 nitrogen and oxygen atoms in total. The molecule has 0 radical (unpaired) electrons. The lowest BCUT2D eigenvalue weighted by Gasteiger charge is -2.45. The fourth-order valence-electron chi connectivity index (χ4n) is 4.01. The molecule has 1 aromatic carbocycles. The molecule has 1 aromatic rings. The Morgan fingerprint density at radius 1 is 1.12 bits per heavy atom. The molecule has 0 amide bonds. The van der Waals surface area contributed by atoms with Crippen molar-refractivity contribution in [1.29, 1.82) is 0 Å². The monoisotopic (exact) mass is 366 g/mol. The van der Waals surface area contributed by atoms with Gasteiger partial charge in [0.1, 0.15) is 30.0 Å². The molecule has 0 bridgehead atoms. The van der Waals surface area contributed by atoms with Gasteiger partial charge in [0, 0.05) is 13.0 Å². The predicted molar refractivity (Wildman–Crippen MR) is 90.1 cm³/mol. The minimum absolute atomic E-state index is 0.0206. The van der Waals surface area contributed by atoms with Crippen LogP contribution in [0.25, 0.3) is 0 Å². The van der Waals surface area contributed by atoms with Crippen LogP contribution in [0, 0.1) is 0 Å². The largest absolute Gasteiger partial charge is 0.388 e. The zero-order valence-electron chi connectivity index (χ0n) is 15.0. The maximum atomic E-state index is 10.4. The second-order valence-electron chi connectivity index (χ2n) is 7.59. The smallest absolute Gasteiger partial charge is 0.190 e. The van der Waals surface area contributed by atoms with E-state index in [0.29, 0.717) is 19.6 Å². The van der Waals surface area contributed by atoms with Crippen LogP contribution >= 0.6 is 0 Å². The summed E-state index contributed by atoms with van der Waals surface area (Å²) in [5, 5.41) is 20.4. The third-order valence-electron chi connectivity index (χ3n) is 5.28. The Bertz CT molecular complexity index is 622. The number of rotatable bonds is 5. The van der Waals surface area contributed by atoms with E-state index in [-0.39, 0.29) is 6.61 Å². The number of fused-ring (bicyclic) bond motifs is 3. The molecule has 0 unspecified atom stereocenters. The number of hydrogen-bond donors (Lipinski definition) is 2. The molecular formula is C19H26O7. The van der Waals surface area contributed by atoms with Gasteiger partial charge in [0.05, 0.1) is 13.2 Å². The lowest BCUT2D eigenvalue weighted by Crippen LogP contribution is -2.63. The third-order valence-corrected chi connectivity index (χ3v) is 5.28. The highest BCUT2D eigenvalue weighted by molar-refractivity contribution is 5.14. The van der Waals surface area contributed by atoms with Gasteiger partial charge in [-0.05, 0) is 19.4 Å². The molecular weight excluding hydrogens is 340 g/mol. The van der Waals surface area contributed by atoms with Gasteiger partial charge in [0.15, 0.2) is 12.1 Å². The quantitative estimate of drug-likeness (QED) is 0.751. The molecule has 144 valence electrons. The second kappa shape index (κ2) is 6.83. The van der Waals surface area contributed by atoms with E-state index in [1.165, 1.54) is 0 Å². The van der Waals surface area contributed by atoms with Gasteiger partial charge in [0.2, 0.25) is 0 Å². The molecule has 3 heterocycles. The molecule has 7 heteroatoms. The summed E-state index contributed by atoms with van der Waals surface area (Å²) in [5.74, 6) is -0.789. The van der Waals surface area contributed by atoms with E-state index in [4.69, 9.17) is 23.7 Å². The molecule has 0 aromatic heterocycles. The Labute approximate surface area is 152 Å². The van der Waals surface area contributed by atoms with Gasteiger partial charge in [-0.25, -0.2) is 0 Å². The molecule has 0 aliphatic carbocycles. The molecule has 6 atom stereocenters. The summed E-state index contributed by atoms with van der Waals surface area (Å²) in [6, 6.07) is 9.91. The van der Waals surface area contributed by atoms with Crippen LogP contribution in [0.3, 0.4) is 0 Å². The highest BCUT2D eigenvalue weighted by Crippen LogP contribution is 2.49. The number of aliphatic hydroxyl groups excluding tert-OH is 2. The van der Waals surface area contributed by atoms with Crippen molar-refractivity contribution in [1.82, 2.24) is 0 Å². The summed E-state index contributed by atoms with van der Waals surface area (Å²) in [7, 11) is 0. The topological polar surface area (TPSA) is 86.6 Å². The number of ether oxygens (including phenoxy) is 5. The molecule has 0 saturated carbocycles. The van der Waals surface area contributed by atoms with Crippen molar-refractivity contribution in [3.8, 4) is 0 Å². The van der Waals surface area contributed by atoms with Crippen molar-refractivity contribution in [2.24, 2.45) is 0 Å². The van der Waals surface area contributed by atoms with Crippen LogP contribution < -0.4 is 0 Å². The fourth-order valence-corrected chi connectivity index (χ4v) is 4.01. The van der Waals surface area contributed by atoms with Crippen LogP contribution in [0.5, 0.6) is 0 Å².